The Bertz CT molecular complexity index is 475. The van der Waals surface area contributed by atoms with Crippen molar-refractivity contribution in [3.05, 3.63) is 40.6 Å². The maximum absolute atomic E-state index is 11.9. The van der Waals surface area contributed by atoms with Gasteiger partial charge in [-0.25, -0.2) is 4.98 Å². The number of imidazole rings is 1. The second kappa shape index (κ2) is 4.49. The Morgan fingerprint density at radius 3 is 3.00 bits per heavy atom. The van der Waals surface area contributed by atoms with Crippen molar-refractivity contribution >= 4 is 17.2 Å². The highest BCUT2D eigenvalue weighted by Gasteiger charge is 2.14. The second-order valence-electron chi connectivity index (χ2n) is 3.59. The van der Waals surface area contributed by atoms with Crippen LogP contribution < -0.4 is 0 Å². The number of thiophene rings is 1. The number of hydrogen-bond acceptors (Lipinski definition) is 3. The monoisotopic (exact) mass is 235 g/mol. The maximum atomic E-state index is 11.9. The number of carbonyl (C=O) groups is 1. The molecule has 0 spiro atoms. The van der Waals surface area contributed by atoms with Crippen molar-refractivity contribution < 1.29 is 4.79 Å². The number of aryl methyl sites for hydroxylation is 1. The minimum Gasteiger partial charge on any atom is -0.337 e. The molecule has 5 heteroatoms. The third kappa shape index (κ3) is 2.14. The molecule has 2 aromatic rings. The predicted octanol–water partition coefficient (Wildman–Crippen LogP) is 1.75. The maximum Gasteiger partial charge on any atom is 0.264 e. The average Bonchev–Trinajstić information content (AvgIpc) is 2.89. The zero-order valence-corrected chi connectivity index (χ0v) is 10.1. The molecule has 16 heavy (non-hydrogen) atoms. The van der Waals surface area contributed by atoms with E-state index < -0.39 is 0 Å². The lowest BCUT2D eigenvalue weighted by atomic mass is 10.4. The second-order valence-corrected chi connectivity index (χ2v) is 4.54. The molecule has 0 atom stereocenters. The molecule has 0 saturated heterocycles. The molecular formula is C11H13N3OS. The van der Waals surface area contributed by atoms with Crippen LogP contribution >= 0.6 is 11.3 Å². The van der Waals surface area contributed by atoms with E-state index in [4.69, 9.17) is 0 Å². The van der Waals surface area contributed by atoms with E-state index in [1.54, 1.807) is 18.1 Å². The summed E-state index contributed by atoms with van der Waals surface area (Å²) in [5.41, 5.74) is 0. The Balaban J connectivity index is 2.07. The Hall–Kier alpha value is -1.62. The molecule has 0 bridgehead atoms. The van der Waals surface area contributed by atoms with E-state index in [0.717, 1.165) is 10.7 Å². The van der Waals surface area contributed by atoms with Crippen LogP contribution in [0.25, 0.3) is 0 Å². The van der Waals surface area contributed by atoms with Crippen LogP contribution in [0.1, 0.15) is 15.5 Å². The van der Waals surface area contributed by atoms with Crippen molar-refractivity contribution in [2.24, 2.45) is 7.05 Å². The minimum atomic E-state index is 0.0398. The molecule has 2 rings (SSSR count). The molecule has 2 heterocycles. The quantitative estimate of drug-likeness (QED) is 0.813. The van der Waals surface area contributed by atoms with Gasteiger partial charge in [0.15, 0.2) is 0 Å². The van der Waals surface area contributed by atoms with E-state index in [9.17, 15) is 4.79 Å². The lowest BCUT2D eigenvalue weighted by Gasteiger charge is -2.15. The van der Waals surface area contributed by atoms with E-state index in [2.05, 4.69) is 4.98 Å². The molecule has 0 N–H and O–H groups in total. The van der Waals surface area contributed by atoms with Crippen LogP contribution in [-0.2, 0) is 13.6 Å². The summed E-state index contributed by atoms with van der Waals surface area (Å²) in [6.45, 7) is 0.528. The number of aromatic nitrogens is 2. The fourth-order valence-electron chi connectivity index (χ4n) is 1.42. The number of carbonyl (C=O) groups excluding carboxylic acids is 1. The lowest BCUT2D eigenvalue weighted by Crippen LogP contribution is -2.26. The molecule has 0 aromatic carbocycles. The molecule has 84 valence electrons. The van der Waals surface area contributed by atoms with Crippen molar-refractivity contribution in [2.45, 2.75) is 6.54 Å². The summed E-state index contributed by atoms with van der Waals surface area (Å²) >= 11 is 1.46. The zero-order valence-electron chi connectivity index (χ0n) is 9.25. The number of nitrogens with zero attached hydrogens (tertiary/aromatic N) is 3. The number of amides is 1. The van der Waals surface area contributed by atoms with Gasteiger partial charge in [0.05, 0.1) is 11.4 Å². The summed E-state index contributed by atoms with van der Waals surface area (Å²) in [5, 5.41) is 1.90. The van der Waals surface area contributed by atoms with Crippen molar-refractivity contribution in [2.75, 3.05) is 7.05 Å². The first-order valence-corrected chi connectivity index (χ1v) is 5.81. The van der Waals surface area contributed by atoms with Gasteiger partial charge in [-0.2, -0.15) is 0 Å². The summed E-state index contributed by atoms with van der Waals surface area (Å²) in [6, 6.07) is 3.72. The average molecular weight is 235 g/mol. The van der Waals surface area contributed by atoms with E-state index >= 15 is 0 Å². The van der Waals surface area contributed by atoms with Crippen LogP contribution in [-0.4, -0.2) is 27.4 Å². The van der Waals surface area contributed by atoms with Gasteiger partial charge in [0, 0.05) is 26.5 Å². The van der Waals surface area contributed by atoms with Gasteiger partial charge in [0.1, 0.15) is 5.82 Å². The topological polar surface area (TPSA) is 38.1 Å². The van der Waals surface area contributed by atoms with Crippen molar-refractivity contribution in [1.29, 1.82) is 0 Å². The van der Waals surface area contributed by atoms with Gasteiger partial charge < -0.3 is 9.47 Å². The van der Waals surface area contributed by atoms with E-state index in [1.807, 2.05) is 35.3 Å². The molecule has 0 fully saturated rings. The van der Waals surface area contributed by atoms with Crippen LogP contribution in [0.5, 0.6) is 0 Å². The van der Waals surface area contributed by atoms with Crippen molar-refractivity contribution in [3.63, 3.8) is 0 Å². The summed E-state index contributed by atoms with van der Waals surface area (Å²) in [6.07, 6.45) is 3.61. The molecule has 0 unspecified atom stereocenters. The standard InChI is InChI=1S/C11H13N3OS/c1-13-6-5-12-10(13)8-14(2)11(15)9-4-3-7-16-9/h3-7H,8H2,1-2H3. The predicted molar refractivity (Wildman–Crippen MR) is 63.3 cm³/mol. The Morgan fingerprint density at radius 1 is 1.62 bits per heavy atom. The Labute approximate surface area is 98.1 Å². The first-order valence-electron chi connectivity index (χ1n) is 4.93. The number of hydrogen-bond donors (Lipinski definition) is 0. The summed E-state index contributed by atoms with van der Waals surface area (Å²) in [5.74, 6) is 0.922. The molecule has 0 aliphatic rings. The van der Waals surface area contributed by atoms with E-state index in [1.165, 1.54) is 11.3 Å². The normalized spacial score (nSPS) is 10.4. The van der Waals surface area contributed by atoms with Crippen LogP contribution in [0.15, 0.2) is 29.9 Å². The molecular weight excluding hydrogens is 222 g/mol. The third-order valence-electron chi connectivity index (χ3n) is 2.38. The van der Waals surface area contributed by atoms with Gasteiger partial charge in [0.25, 0.3) is 5.91 Å². The SMILES string of the molecule is CN(Cc1nccn1C)C(=O)c1cccs1. The molecule has 2 aromatic heterocycles. The number of rotatable bonds is 3. The fraction of sp³-hybridized carbons (Fsp3) is 0.273. The van der Waals surface area contributed by atoms with Gasteiger partial charge in [-0.15, -0.1) is 11.3 Å². The molecule has 1 amide bonds. The summed E-state index contributed by atoms with van der Waals surface area (Å²) in [4.78, 5) is 18.6. The molecule has 0 radical (unpaired) electrons. The van der Waals surface area contributed by atoms with E-state index in [-0.39, 0.29) is 5.91 Å². The van der Waals surface area contributed by atoms with Gasteiger partial charge in [-0.05, 0) is 11.4 Å². The van der Waals surface area contributed by atoms with Crippen molar-refractivity contribution in [3.8, 4) is 0 Å². The summed E-state index contributed by atoms with van der Waals surface area (Å²) in [7, 11) is 3.71. The van der Waals surface area contributed by atoms with Gasteiger partial charge >= 0.3 is 0 Å². The van der Waals surface area contributed by atoms with Crippen molar-refractivity contribution in [1.82, 2.24) is 14.5 Å². The molecule has 0 aliphatic carbocycles. The lowest BCUT2D eigenvalue weighted by molar-refractivity contribution is 0.0785. The Morgan fingerprint density at radius 2 is 2.44 bits per heavy atom. The molecule has 4 nitrogen and oxygen atoms in total. The van der Waals surface area contributed by atoms with Crippen LogP contribution in [0, 0.1) is 0 Å². The molecule has 0 saturated carbocycles. The van der Waals surface area contributed by atoms with Gasteiger partial charge in [0.2, 0.25) is 0 Å². The van der Waals surface area contributed by atoms with Gasteiger partial charge in [-0.3, -0.25) is 4.79 Å². The smallest absolute Gasteiger partial charge is 0.264 e. The highest BCUT2D eigenvalue weighted by molar-refractivity contribution is 7.12. The van der Waals surface area contributed by atoms with Gasteiger partial charge in [-0.1, -0.05) is 6.07 Å². The minimum absolute atomic E-state index is 0.0398. The highest BCUT2D eigenvalue weighted by Crippen LogP contribution is 2.12. The highest BCUT2D eigenvalue weighted by atomic mass is 32.1. The Kier molecular flexibility index (Phi) is 3.05. The molecule has 0 aliphatic heterocycles. The first kappa shape index (κ1) is 10.9. The summed E-state index contributed by atoms with van der Waals surface area (Å²) < 4.78 is 1.91. The largest absolute Gasteiger partial charge is 0.337 e. The third-order valence-corrected chi connectivity index (χ3v) is 3.24. The van der Waals surface area contributed by atoms with Crippen LogP contribution in [0.4, 0.5) is 0 Å². The first-order chi connectivity index (χ1) is 7.68. The van der Waals surface area contributed by atoms with E-state index in [0.29, 0.717) is 6.54 Å². The zero-order chi connectivity index (χ0) is 11.5. The van der Waals surface area contributed by atoms with Crippen LogP contribution in [0.2, 0.25) is 0 Å². The fourth-order valence-corrected chi connectivity index (χ4v) is 2.14. The van der Waals surface area contributed by atoms with Crippen LogP contribution in [0.3, 0.4) is 0 Å².